The molecule has 2 aromatic heterocycles. The van der Waals surface area contributed by atoms with Gasteiger partial charge in [-0.3, -0.25) is 24.4 Å². The third-order valence-corrected chi connectivity index (χ3v) is 5.83. The number of pyridine rings is 1. The van der Waals surface area contributed by atoms with Gasteiger partial charge in [-0.15, -0.1) is 0 Å². The van der Waals surface area contributed by atoms with Gasteiger partial charge in [0.2, 0.25) is 0 Å². The Kier molecular flexibility index (Phi) is 6.22. The Morgan fingerprint density at radius 2 is 1.87 bits per heavy atom. The minimum Gasteiger partial charge on any atom is -0.480 e. The van der Waals surface area contributed by atoms with Crippen LogP contribution in [-0.4, -0.2) is 67.7 Å². The summed E-state index contributed by atoms with van der Waals surface area (Å²) < 4.78 is 1.55. The summed E-state index contributed by atoms with van der Waals surface area (Å²) in [5.41, 5.74) is 2.18. The Hall–Kier alpha value is -2.94. The van der Waals surface area contributed by atoms with Crippen LogP contribution in [0.25, 0.3) is 10.9 Å². The topological polar surface area (TPSA) is 98.9 Å². The number of hydrogen-bond donors (Lipinski definition) is 2. The fraction of sp³-hybridized carbons (Fsp3) is 0.318. The molecule has 0 aliphatic carbocycles. The minimum absolute atomic E-state index is 0.263. The maximum Gasteiger partial charge on any atom is 0.325 e. The third-order valence-electron chi connectivity index (χ3n) is 5.59. The summed E-state index contributed by atoms with van der Waals surface area (Å²) in [5, 5.41) is 20.5. The normalized spacial score (nSPS) is 16.4. The molecule has 0 bridgehead atoms. The summed E-state index contributed by atoms with van der Waals surface area (Å²) in [4.78, 5) is 32.2. The molecular weight excluding hydrogens is 420 g/mol. The van der Waals surface area contributed by atoms with Crippen LogP contribution in [0.2, 0.25) is 5.02 Å². The molecule has 1 atom stereocenters. The number of carboxylic acids is 2. The van der Waals surface area contributed by atoms with Crippen molar-refractivity contribution >= 4 is 34.4 Å². The van der Waals surface area contributed by atoms with E-state index < -0.39 is 18.0 Å². The second-order valence-corrected chi connectivity index (χ2v) is 8.08. The van der Waals surface area contributed by atoms with Crippen molar-refractivity contribution < 1.29 is 19.8 Å². The van der Waals surface area contributed by atoms with Crippen molar-refractivity contribution in [3.05, 3.63) is 65.1 Å². The number of carboxylic acid groups (broad SMARTS) is 2. The van der Waals surface area contributed by atoms with Crippen LogP contribution >= 0.6 is 11.6 Å². The maximum atomic E-state index is 12.3. The predicted octanol–water partition coefficient (Wildman–Crippen LogP) is 2.72. The lowest BCUT2D eigenvalue weighted by atomic mass is 10.0. The largest absolute Gasteiger partial charge is 0.480 e. The van der Waals surface area contributed by atoms with E-state index in [0.29, 0.717) is 34.6 Å². The molecule has 0 unspecified atom stereocenters. The fourth-order valence-electron chi connectivity index (χ4n) is 4.17. The number of fused-ring (bicyclic) bond motifs is 1. The molecule has 1 aromatic carbocycles. The molecule has 31 heavy (non-hydrogen) atoms. The van der Waals surface area contributed by atoms with E-state index in [1.54, 1.807) is 35.2 Å². The zero-order chi connectivity index (χ0) is 22.0. The van der Waals surface area contributed by atoms with E-state index in [1.807, 2.05) is 23.1 Å². The van der Waals surface area contributed by atoms with Gasteiger partial charge >= 0.3 is 11.9 Å². The Bertz CT molecular complexity index is 1090. The van der Waals surface area contributed by atoms with Crippen molar-refractivity contribution in [2.75, 3.05) is 26.2 Å². The smallest absolute Gasteiger partial charge is 0.325 e. The lowest BCUT2D eigenvalue weighted by molar-refractivity contribution is -0.144. The highest BCUT2D eigenvalue weighted by Crippen LogP contribution is 2.33. The maximum absolute atomic E-state index is 12.3. The number of benzene rings is 1. The quantitative estimate of drug-likeness (QED) is 0.580. The molecule has 2 N–H and O–H groups in total. The second-order valence-electron chi connectivity index (χ2n) is 7.64. The molecule has 1 saturated heterocycles. The van der Waals surface area contributed by atoms with Crippen LogP contribution < -0.4 is 0 Å². The van der Waals surface area contributed by atoms with Gasteiger partial charge in [0.05, 0.1) is 11.2 Å². The standard InChI is InChI=1S/C22H23ClN4O4/c23-15-4-5-17-18(13-27(14-20(28)29)19(17)11-15)21(22(30)31)26-9-7-25(8-10-26)12-16-3-1-2-6-24-16/h1-6,11,13,21H,7-10,12,14H2,(H,28,29)(H,30,31)/t21-/m0/s1. The van der Waals surface area contributed by atoms with Crippen LogP contribution in [0, 0.1) is 0 Å². The van der Waals surface area contributed by atoms with Crippen LogP contribution in [-0.2, 0) is 22.7 Å². The first-order chi connectivity index (χ1) is 14.9. The molecule has 162 valence electrons. The van der Waals surface area contributed by atoms with E-state index in [1.165, 1.54) is 0 Å². The number of halogens is 1. The van der Waals surface area contributed by atoms with Crippen molar-refractivity contribution in [1.29, 1.82) is 0 Å². The van der Waals surface area contributed by atoms with E-state index in [2.05, 4.69) is 9.88 Å². The fourth-order valence-corrected chi connectivity index (χ4v) is 4.34. The average molecular weight is 443 g/mol. The zero-order valence-corrected chi connectivity index (χ0v) is 17.6. The van der Waals surface area contributed by atoms with Crippen LogP contribution in [0.5, 0.6) is 0 Å². The van der Waals surface area contributed by atoms with Gasteiger partial charge in [0, 0.05) is 61.1 Å². The van der Waals surface area contributed by atoms with Gasteiger partial charge in [-0.1, -0.05) is 23.7 Å². The number of aliphatic carboxylic acids is 2. The molecule has 1 aliphatic rings. The number of nitrogens with zero attached hydrogens (tertiary/aromatic N) is 4. The Morgan fingerprint density at radius 3 is 2.52 bits per heavy atom. The monoisotopic (exact) mass is 442 g/mol. The molecule has 3 aromatic rings. The summed E-state index contributed by atoms with van der Waals surface area (Å²) in [6.07, 6.45) is 3.40. The van der Waals surface area contributed by atoms with Crippen molar-refractivity contribution in [1.82, 2.24) is 19.4 Å². The molecule has 0 amide bonds. The Labute approximate surface area is 184 Å². The first kappa shape index (κ1) is 21.3. The first-order valence-electron chi connectivity index (χ1n) is 10.0. The van der Waals surface area contributed by atoms with E-state index in [0.717, 1.165) is 25.3 Å². The highest BCUT2D eigenvalue weighted by molar-refractivity contribution is 6.31. The highest BCUT2D eigenvalue weighted by atomic mass is 35.5. The summed E-state index contributed by atoms with van der Waals surface area (Å²) >= 11 is 6.11. The molecule has 4 rings (SSSR count). The lowest BCUT2D eigenvalue weighted by Crippen LogP contribution is -2.48. The van der Waals surface area contributed by atoms with Gasteiger partial charge in [-0.25, -0.2) is 0 Å². The van der Waals surface area contributed by atoms with E-state index in [4.69, 9.17) is 11.6 Å². The first-order valence-corrected chi connectivity index (χ1v) is 10.4. The SMILES string of the molecule is O=C(O)Cn1cc([C@@H](C(=O)O)N2CCN(Cc3ccccn3)CC2)c2ccc(Cl)cc21. The molecule has 0 spiro atoms. The van der Waals surface area contributed by atoms with Crippen LogP contribution in [0.1, 0.15) is 17.3 Å². The zero-order valence-electron chi connectivity index (χ0n) is 16.8. The molecule has 0 saturated carbocycles. The molecule has 1 fully saturated rings. The van der Waals surface area contributed by atoms with Gasteiger partial charge in [0.1, 0.15) is 12.6 Å². The molecular formula is C22H23ClN4O4. The molecule has 3 heterocycles. The summed E-state index contributed by atoms with van der Waals surface area (Å²) in [6.45, 7) is 3.08. The van der Waals surface area contributed by atoms with Gasteiger partial charge in [0.15, 0.2) is 0 Å². The summed E-state index contributed by atoms with van der Waals surface area (Å²) in [5.74, 6) is -1.96. The number of piperazine rings is 1. The summed E-state index contributed by atoms with van der Waals surface area (Å²) in [7, 11) is 0. The Balaban J connectivity index is 1.58. The highest BCUT2D eigenvalue weighted by Gasteiger charge is 2.33. The van der Waals surface area contributed by atoms with E-state index in [9.17, 15) is 19.8 Å². The van der Waals surface area contributed by atoms with Crippen molar-refractivity contribution in [2.45, 2.75) is 19.1 Å². The summed E-state index contributed by atoms with van der Waals surface area (Å²) in [6, 6.07) is 10.1. The number of rotatable bonds is 7. The van der Waals surface area contributed by atoms with Crippen molar-refractivity contribution in [3.63, 3.8) is 0 Å². The van der Waals surface area contributed by atoms with Gasteiger partial charge < -0.3 is 14.8 Å². The van der Waals surface area contributed by atoms with Crippen LogP contribution in [0.3, 0.4) is 0 Å². The number of carbonyl (C=O) groups is 2. The van der Waals surface area contributed by atoms with Crippen molar-refractivity contribution in [2.24, 2.45) is 0 Å². The Morgan fingerprint density at radius 1 is 1.10 bits per heavy atom. The minimum atomic E-state index is -1.00. The third kappa shape index (κ3) is 4.71. The molecule has 8 nitrogen and oxygen atoms in total. The van der Waals surface area contributed by atoms with Crippen LogP contribution in [0.4, 0.5) is 0 Å². The van der Waals surface area contributed by atoms with E-state index in [-0.39, 0.29) is 6.54 Å². The van der Waals surface area contributed by atoms with Gasteiger partial charge in [0.25, 0.3) is 0 Å². The van der Waals surface area contributed by atoms with E-state index >= 15 is 0 Å². The molecule has 0 radical (unpaired) electrons. The number of aromatic nitrogens is 2. The lowest BCUT2D eigenvalue weighted by Gasteiger charge is -2.37. The van der Waals surface area contributed by atoms with Crippen molar-refractivity contribution in [3.8, 4) is 0 Å². The number of hydrogen-bond acceptors (Lipinski definition) is 5. The van der Waals surface area contributed by atoms with Gasteiger partial charge in [-0.2, -0.15) is 0 Å². The molecule has 9 heteroatoms. The van der Waals surface area contributed by atoms with Gasteiger partial charge in [-0.05, 0) is 24.3 Å². The van der Waals surface area contributed by atoms with Crippen LogP contribution in [0.15, 0.2) is 48.8 Å². The molecule has 1 aliphatic heterocycles. The average Bonchev–Trinajstić information content (AvgIpc) is 3.06. The second kappa shape index (κ2) is 9.05. The predicted molar refractivity (Wildman–Crippen MR) is 116 cm³/mol.